The van der Waals surface area contributed by atoms with Gasteiger partial charge in [-0.05, 0) is 6.26 Å². The summed E-state index contributed by atoms with van der Waals surface area (Å²) in [5.74, 6) is 0. The highest BCUT2D eigenvalue weighted by Crippen LogP contribution is 2.41. The second-order valence-electron chi connectivity index (χ2n) is 7.45. The molecule has 0 saturated heterocycles. The molecule has 0 heterocycles. The fraction of sp³-hybridized carbons (Fsp3) is 1.00. The molecule has 0 radical (unpaired) electrons. The van der Waals surface area contributed by atoms with Crippen LogP contribution in [0.25, 0.3) is 0 Å². The van der Waals surface area contributed by atoms with E-state index in [0.717, 1.165) is 5.16 Å². The van der Waals surface area contributed by atoms with Crippen LogP contribution in [0.5, 0.6) is 0 Å². The molecule has 92 valence electrons. The molecule has 0 aromatic rings. The lowest BCUT2D eigenvalue weighted by atomic mass is 10.9. The minimum atomic E-state index is -0.974. The molecule has 0 bridgehead atoms. The fourth-order valence-corrected chi connectivity index (χ4v) is 23.9. The van der Waals surface area contributed by atoms with Crippen molar-refractivity contribution in [1.82, 2.24) is 0 Å². The molecule has 0 spiro atoms. The van der Waals surface area contributed by atoms with Gasteiger partial charge in [0.2, 0.25) is 0 Å². The van der Waals surface area contributed by atoms with E-state index in [9.17, 15) is 0 Å². The van der Waals surface area contributed by atoms with Crippen LogP contribution >= 0.6 is 11.2 Å². The summed E-state index contributed by atoms with van der Waals surface area (Å²) in [5, 5.41) is 1.10. The van der Waals surface area contributed by atoms with E-state index in [-0.39, 0.29) is 0 Å². The van der Waals surface area contributed by atoms with Gasteiger partial charge in [0.05, 0.1) is 0 Å². The zero-order valence-electron chi connectivity index (χ0n) is 12.2. The largest absolute Gasteiger partial charge is 0.189 e. The fourth-order valence-electron chi connectivity index (χ4n) is 2.49. The molecule has 0 atom stereocenters. The highest BCUT2D eigenvalue weighted by molar-refractivity contribution is 8.28. The zero-order valence-corrected chi connectivity index (χ0v) is 16.0. The van der Waals surface area contributed by atoms with Crippen molar-refractivity contribution < 1.29 is 0 Å². The number of hydrogen-bond acceptors (Lipinski definition) is 1. The van der Waals surface area contributed by atoms with E-state index in [2.05, 4.69) is 69.8 Å². The van der Waals surface area contributed by atoms with Crippen molar-refractivity contribution in [1.29, 1.82) is 0 Å². The van der Waals surface area contributed by atoms with Crippen LogP contribution in [0.15, 0.2) is 0 Å². The summed E-state index contributed by atoms with van der Waals surface area (Å²) in [4.78, 5) is 0. The van der Waals surface area contributed by atoms with Crippen LogP contribution in [0.4, 0.5) is 0 Å². The first-order valence-electron chi connectivity index (χ1n) is 5.95. The molecule has 15 heavy (non-hydrogen) atoms. The maximum atomic E-state index is 2.57. The van der Waals surface area contributed by atoms with Crippen LogP contribution < -0.4 is 0 Å². The molecular formula is C11H30SSi3. The molecule has 0 unspecified atom stereocenters. The molecule has 0 aliphatic heterocycles. The van der Waals surface area contributed by atoms with Crippen molar-refractivity contribution in [3.8, 4) is 0 Å². The second kappa shape index (κ2) is 5.10. The Morgan fingerprint density at radius 2 is 1.13 bits per heavy atom. The van der Waals surface area contributed by atoms with Crippen molar-refractivity contribution in [2.75, 3.05) is 6.26 Å². The van der Waals surface area contributed by atoms with Gasteiger partial charge in [-0.25, -0.2) is 0 Å². The quantitative estimate of drug-likeness (QED) is 0.628. The van der Waals surface area contributed by atoms with Crippen LogP contribution in [0, 0.1) is 0 Å². The minimum Gasteiger partial charge on any atom is -0.189 e. The van der Waals surface area contributed by atoms with E-state index in [4.69, 9.17) is 0 Å². The maximum Gasteiger partial charge on any atom is 0.110 e. The molecule has 0 aromatic carbocycles. The first kappa shape index (κ1) is 16.0. The third-order valence-electron chi connectivity index (χ3n) is 3.34. The summed E-state index contributed by atoms with van der Waals surface area (Å²) in [6, 6.07) is 1.56. The van der Waals surface area contributed by atoms with E-state index < -0.39 is 23.4 Å². The molecule has 0 fully saturated rings. The van der Waals surface area contributed by atoms with Crippen LogP contribution in [-0.2, 0) is 0 Å². The standard InChI is InChI=1S/C11H30SSi3/c1-12-15(8,9)10-11(13(2,3)4)14(5,6)7/h11H,10H2,1-9H3. The number of hydrogen-bond donors (Lipinski definition) is 0. The minimum absolute atomic E-state index is 0.965. The molecule has 0 aliphatic rings. The lowest BCUT2D eigenvalue weighted by Crippen LogP contribution is -2.46. The molecule has 0 amide bonds. The van der Waals surface area contributed by atoms with Crippen LogP contribution in [0.3, 0.4) is 0 Å². The summed E-state index contributed by atoms with van der Waals surface area (Å²) in [6.45, 7) is 20.5. The van der Waals surface area contributed by atoms with Crippen LogP contribution in [0.1, 0.15) is 0 Å². The molecule has 0 N–H and O–H groups in total. The van der Waals surface area contributed by atoms with E-state index in [1.54, 1.807) is 6.04 Å². The Morgan fingerprint density at radius 3 is 1.33 bits per heavy atom. The highest BCUT2D eigenvalue weighted by Gasteiger charge is 2.40. The Bertz CT molecular complexity index is 187. The van der Waals surface area contributed by atoms with Gasteiger partial charge in [0.25, 0.3) is 0 Å². The van der Waals surface area contributed by atoms with Gasteiger partial charge >= 0.3 is 0 Å². The van der Waals surface area contributed by atoms with Gasteiger partial charge in [-0.15, -0.1) is 0 Å². The Morgan fingerprint density at radius 1 is 0.800 bits per heavy atom. The molecule has 0 nitrogen and oxygen atoms in total. The molecule has 0 aromatic heterocycles. The normalized spacial score (nSPS) is 14.8. The smallest absolute Gasteiger partial charge is 0.110 e. The first-order valence-corrected chi connectivity index (χ1v) is 18.3. The SMILES string of the molecule is CS[Si](C)(C)CC([Si](C)(C)C)[Si](C)(C)C. The van der Waals surface area contributed by atoms with Crippen molar-refractivity contribution >= 4 is 34.6 Å². The van der Waals surface area contributed by atoms with Gasteiger partial charge in [0, 0.05) is 16.1 Å². The summed E-state index contributed by atoms with van der Waals surface area (Å²) < 4.78 is 0. The summed E-state index contributed by atoms with van der Waals surface area (Å²) in [5.41, 5.74) is 0. The molecular weight excluding hydrogens is 248 g/mol. The van der Waals surface area contributed by atoms with Crippen LogP contribution in [0.2, 0.25) is 63.6 Å². The topological polar surface area (TPSA) is 0 Å². The first-order chi connectivity index (χ1) is 6.40. The average Bonchev–Trinajstić information content (AvgIpc) is 1.96. The summed E-state index contributed by atoms with van der Waals surface area (Å²) >= 11 is 2.17. The van der Waals surface area contributed by atoms with E-state index in [1.807, 2.05) is 0 Å². The monoisotopic (exact) mass is 278 g/mol. The van der Waals surface area contributed by atoms with E-state index in [0.29, 0.717) is 0 Å². The van der Waals surface area contributed by atoms with Gasteiger partial charge in [-0.1, -0.05) is 63.6 Å². The summed E-state index contributed by atoms with van der Waals surface area (Å²) in [7, 11) is -2.90. The average molecular weight is 279 g/mol. The van der Waals surface area contributed by atoms with Crippen molar-refractivity contribution in [3.05, 3.63) is 0 Å². The second-order valence-corrected chi connectivity index (χ2v) is 27.8. The highest BCUT2D eigenvalue weighted by atomic mass is 32.4. The maximum absolute atomic E-state index is 2.57. The zero-order chi connectivity index (χ0) is 12.5. The van der Waals surface area contributed by atoms with Crippen molar-refractivity contribution in [2.45, 2.75) is 63.6 Å². The Labute approximate surface area is 104 Å². The summed E-state index contributed by atoms with van der Waals surface area (Å²) in [6.07, 6.45) is 2.32. The van der Waals surface area contributed by atoms with Crippen molar-refractivity contribution in [2.24, 2.45) is 0 Å². The van der Waals surface area contributed by atoms with Gasteiger partial charge in [-0.3, -0.25) is 0 Å². The Balaban J connectivity index is 4.85. The third-order valence-corrected chi connectivity index (χ3v) is 20.3. The predicted molar refractivity (Wildman–Crippen MR) is 86.2 cm³/mol. The van der Waals surface area contributed by atoms with Crippen LogP contribution in [-0.4, -0.2) is 29.6 Å². The van der Waals surface area contributed by atoms with E-state index >= 15 is 0 Å². The van der Waals surface area contributed by atoms with Crippen molar-refractivity contribution in [3.63, 3.8) is 0 Å². The molecule has 4 heteroatoms. The molecule has 0 aliphatic carbocycles. The lowest BCUT2D eigenvalue weighted by Gasteiger charge is -2.42. The Kier molecular flexibility index (Phi) is 5.45. The molecule has 0 saturated carbocycles. The van der Waals surface area contributed by atoms with Gasteiger partial charge in [-0.2, -0.15) is 11.2 Å². The Hall–Kier alpha value is 1.00. The van der Waals surface area contributed by atoms with Gasteiger partial charge in [0.1, 0.15) is 7.22 Å². The molecule has 0 rings (SSSR count). The predicted octanol–water partition coefficient (Wildman–Crippen LogP) is 5.14. The lowest BCUT2D eigenvalue weighted by molar-refractivity contribution is 1.14. The van der Waals surface area contributed by atoms with E-state index in [1.165, 1.54) is 0 Å². The van der Waals surface area contributed by atoms with Gasteiger partial charge in [0.15, 0.2) is 0 Å². The third kappa shape index (κ3) is 5.75. The number of rotatable bonds is 5. The van der Waals surface area contributed by atoms with Gasteiger partial charge < -0.3 is 0 Å².